The lowest BCUT2D eigenvalue weighted by Crippen LogP contribution is -2.48. The average Bonchev–Trinajstić information content (AvgIpc) is 3.12. The van der Waals surface area contributed by atoms with Gasteiger partial charge in [-0.1, -0.05) is 30.7 Å². The summed E-state index contributed by atoms with van der Waals surface area (Å²) in [5.74, 6) is -0.512. The third-order valence-electron chi connectivity index (χ3n) is 6.42. The van der Waals surface area contributed by atoms with Gasteiger partial charge in [0.25, 0.3) is 5.69 Å². The predicted octanol–water partition coefficient (Wildman–Crippen LogP) is 2.42. The van der Waals surface area contributed by atoms with E-state index in [1.54, 1.807) is 6.07 Å². The number of benzene rings is 1. The van der Waals surface area contributed by atoms with Gasteiger partial charge in [0.05, 0.1) is 16.5 Å². The van der Waals surface area contributed by atoms with Crippen LogP contribution in [0.3, 0.4) is 0 Å². The highest BCUT2D eigenvalue weighted by molar-refractivity contribution is 5.96. The Morgan fingerprint density at radius 3 is 3.04 bits per heavy atom. The summed E-state index contributed by atoms with van der Waals surface area (Å²) < 4.78 is 5.95. The maximum absolute atomic E-state index is 12.8. The van der Waals surface area contributed by atoms with Crippen molar-refractivity contribution in [2.75, 3.05) is 6.54 Å². The minimum Gasteiger partial charge on any atom is -0.449 e. The minimum absolute atomic E-state index is 0.114. The van der Waals surface area contributed by atoms with Crippen LogP contribution in [0.5, 0.6) is 0 Å². The second-order valence-electron chi connectivity index (χ2n) is 7.74. The highest BCUT2D eigenvalue weighted by Gasteiger charge is 2.62. The van der Waals surface area contributed by atoms with Gasteiger partial charge in [-0.3, -0.25) is 15.0 Å². The van der Waals surface area contributed by atoms with Crippen LogP contribution in [-0.2, 0) is 9.53 Å². The third kappa shape index (κ3) is 2.25. The number of carbonyl (C=O) groups excluding carboxylic acids is 1. The molecule has 1 aromatic rings. The van der Waals surface area contributed by atoms with E-state index in [2.05, 4.69) is 11.0 Å². The maximum atomic E-state index is 12.8. The first kappa shape index (κ1) is 16.6. The van der Waals surface area contributed by atoms with Gasteiger partial charge in [0, 0.05) is 30.2 Å². The number of aliphatic hydroxyl groups excluding tert-OH is 1. The van der Waals surface area contributed by atoms with E-state index in [0.717, 1.165) is 37.8 Å². The number of rotatable bonds is 3. The number of hydrogen-bond donors (Lipinski definition) is 1. The van der Waals surface area contributed by atoms with Crippen LogP contribution in [0.2, 0.25) is 0 Å². The molecule has 0 radical (unpaired) electrons. The van der Waals surface area contributed by atoms with E-state index in [1.165, 1.54) is 18.2 Å². The monoisotopic (exact) mass is 368 g/mol. The largest absolute Gasteiger partial charge is 0.449 e. The Morgan fingerprint density at radius 2 is 2.22 bits per heavy atom. The normalized spacial score (nSPS) is 32.9. The van der Waals surface area contributed by atoms with Crippen molar-refractivity contribution >= 4 is 11.7 Å². The van der Waals surface area contributed by atoms with Crippen molar-refractivity contribution in [3.8, 4) is 0 Å². The van der Waals surface area contributed by atoms with Gasteiger partial charge in [-0.25, -0.2) is 4.79 Å². The molecule has 27 heavy (non-hydrogen) atoms. The molecule has 7 heteroatoms. The van der Waals surface area contributed by atoms with Crippen LogP contribution in [0.25, 0.3) is 0 Å². The summed E-state index contributed by atoms with van der Waals surface area (Å²) >= 11 is 0. The summed E-state index contributed by atoms with van der Waals surface area (Å²) in [5, 5.41) is 22.0. The van der Waals surface area contributed by atoms with Crippen LogP contribution < -0.4 is 0 Å². The van der Waals surface area contributed by atoms with Crippen LogP contribution in [0.15, 0.2) is 47.6 Å². The van der Waals surface area contributed by atoms with E-state index in [4.69, 9.17) is 4.74 Å². The molecule has 1 aliphatic carbocycles. The summed E-state index contributed by atoms with van der Waals surface area (Å²) in [4.78, 5) is 25.8. The van der Waals surface area contributed by atoms with Crippen molar-refractivity contribution in [1.29, 1.82) is 0 Å². The fraction of sp³-hybridized carbons (Fsp3) is 0.450. The van der Waals surface area contributed by atoms with Crippen LogP contribution in [-0.4, -0.2) is 45.1 Å². The van der Waals surface area contributed by atoms with Gasteiger partial charge in [0.1, 0.15) is 6.10 Å². The number of non-ortho nitro benzene ring substituents is 1. The number of esters is 1. The molecule has 7 nitrogen and oxygen atoms in total. The molecule has 2 bridgehead atoms. The zero-order valence-electron chi connectivity index (χ0n) is 14.7. The van der Waals surface area contributed by atoms with Gasteiger partial charge in [0.15, 0.2) is 5.60 Å². The van der Waals surface area contributed by atoms with Crippen molar-refractivity contribution in [2.45, 2.75) is 49.5 Å². The fourth-order valence-electron chi connectivity index (χ4n) is 5.28. The highest BCUT2D eigenvalue weighted by atomic mass is 16.6. The lowest BCUT2D eigenvalue weighted by Gasteiger charge is -2.37. The Labute approximate surface area is 156 Å². The molecule has 2 saturated heterocycles. The molecule has 3 aliphatic heterocycles. The van der Waals surface area contributed by atoms with Crippen LogP contribution in [0, 0.1) is 10.1 Å². The van der Waals surface area contributed by atoms with Crippen LogP contribution in [0.1, 0.15) is 37.4 Å². The van der Waals surface area contributed by atoms with Crippen molar-refractivity contribution in [1.82, 2.24) is 4.90 Å². The second kappa shape index (κ2) is 5.74. The Balaban J connectivity index is 1.59. The van der Waals surface area contributed by atoms with E-state index in [1.807, 2.05) is 6.08 Å². The molecular weight excluding hydrogens is 348 g/mol. The van der Waals surface area contributed by atoms with Gasteiger partial charge < -0.3 is 9.84 Å². The van der Waals surface area contributed by atoms with E-state index in [9.17, 15) is 20.0 Å². The Hall–Kier alpha value is -2.51. The summed E-state index contributed by atoms with van der Waals surface area (Å²) in [6, 6.07) is 6.20. The molecule has 1 aromatic carbocycles. The molecule has 0 aromatic heterocycles. The smallest absolute Gasteiger partial charge is 0.338 e. The highest BCUT2D eigenvalue weighted by Crippen LogP contribution is 2.54. The molecule has 3 heterocycles. The number of nitro groups is 1. The predicted molar refractivity (Wildman–Crippen MR) is 95.8 cm³/mol. The lowest BCUT2D eigenvalue weighted by molar-refractivity contribution is -0.385. The van der Waals surface area contributed by atoms with Gasteiger partial charge in [-0.05, 0) is 24.9 Å². The van der Waals surface area contributed by atoms with Gasteiger partial charge in [-0.15, -0.1) is 0 Å². The van der Waals surface area contributed by atoms with Crippen molar-refractivity contribution in [3.63, 3.8) is 0 Å². The van der Waals surface area contributed by atoms with Crippen LogP contribution >= 0.6 is 0 Å². The molecule has 140 valence electrons. The molecule has 2 fully saturated rings. The summed E-state index contributed by atoms with van der Waals surface area (Å²) in [5.41, 5.74) is 0.495. The van der Waals surface area contributed by atoms with E-state index < -0.39 is 22.6 Å². The number of nitro benzene ring substituents is 1. The van der Waals surface area contributed by atoms with Crippen molar-refractivity contribution in [2.24, 2.45) is 0 Å². The molecular formula is C20H20N2O5. The summed E-state index contributed by atoms with van der Waals surface area (Å²) in [6.45, 7) is 0.995. The van der Waals surface area contributed by atoms with Crippen molar-refractivity contribution in [3.05, 3.63) is 63.2 Å². The first-order valence-electron chi connectivity index (χ1n) is 9.35. The number of fused-ring (bicyclic) bond motifs is 3. The number of piperidine rings is 1. The van der Waals surface area contributed by atoms with Crippen LogP contribution in [0.4, 0.5) is 5.69 Å². The van der Waals surface area contributed by atoms with E-state index in [0.29, 0.717) is 5.56 Å². The second-order valence-corrected chi connectivity index (χ2v) is 7.74. The molecule has 0 amide bonds. The molecule has 0 saturated carbocycles. The third-order valence-corrected chi connectivity index (χ3v) is 6.42. The maximum Gasteiger partial charge on any atom is 0.338 e. The Morgan fingerprint density at radius 1 is 1.37 bits per heavy atom. The molecule has 1 N–H and O–H groups in total. The number of hydrogen-bond acceptors (Lipinski definition) is 6. The number of ether oxygens (including phenoxy) is 1. The molecule has 5 rings (SSSR count). The summed E-state index contributed by atoms with van der Waals surface area (Å²) in [7, 11) is 0. The zero-order chi connectivity index (χ0) is 18.8. The fourth-order valence-corrected chi connectivity index (χ4v) is 5.28. The van der Waals surface area contributed by atoms with Crippen molar-refractivity contribution < 1.29 is 19.6 Å². The quantitative estimate of drug-likeness (QED) is 0.500. The number of carbonyl (C=O) groups is 1. The number of nitrogens with zero attached hydrogens (tertiary/aromatic N) is 2. The SMILES string of the molecule is O=C1O[C@@]23C[C@@H](C=CC2=C1[C@@H](O)c1cccc([N+](=O)[O-])c1)N1CCCC[C@@H]13. The zero-order valence-corrected chi connectivity index (χ0v) is 14.7. The van der Waals surface area contributed by atoms with Gasteiger partial charge in [0.2, 0.25) is 0 Å². The average molecular weight is 368 g/mol. The molecule has 4 aliphatic rings. The first-order chi connectivity index (χ1) is 13.0. The molecule has 1 spiro atoms. The topological polar surface area (TPSA) is 92.9 Å². The van der Waals surface area contributed by atoms with Gasteiger partial charge in [-0.2, -0.15) is 0 Å². The summed E-state index contributed by atoms with van der Waals surface area (Å²) in [6.07, 6.45) is 6.71. The van der Waals surface area contributed by atoms with E-state index >= 15 is 0 Å². The number of aliphatic hydroxyl groups is 1. The first-order valence-corrected chi connectivity index (χ1v) is 9.35. The van der Waals surface area contributed by atoms with E-state index in [-0.39, 0.29) is 23.3 Å². The standard InChI is InChI=1S/C20H20N2O5/c23-18(12-4-3-5-13(10-12)22(25)26)17-15-8-7-14-11-20(15,27-19(17)24)16-6-1-2-9-21(14)16/h3-5,7-8,10,14,16,18,23H,1-2,6,9,11H2/t14-,16-,18+,20+/m1/s1. The van der Waals surface area contributed by atoms with Gasteiger partial charge >= 0.3 is 5.97 Å². The molecule has 4 atom stereocenters. The Bertz CT molecular complexity index is 907. The lowest BCUT2D eigenvalue weighted by atomic mass is 9.78. The molecule has 0 unspecified atom stereocenters. The Kier molecular flexibility index (Phi) is 3.54. The minimum atomic E-state index is -1.24.